The molecule has 1 aromatic heterocycles. The molecule has 0 saturated heterocycles. The number of carboxylic acids is 1. The lowest BCUT2D eigenvalue weighted by Crippen LogP contribution is -2.24. The van der Waals surface area contributed by atoms with Crippen LogP contribution in [0.3, 0.4) is 0 Å². The van der Waals surface area contributed by atoms with Crippen LogP contribution in [0.5, 0.6) is 0 Å². The highest BCUT2D eigenvalue weighted by Crippen LogP contribution is 2.22. The Bertz CT molecular complexity index is 667. The monoisotopic (exact) mass is 307 g/mol. The third kappa shape index (κ3) is 3.62. The second-order valence-electron chi connectivity index (χ2n) is 5.89. The van der Waals surface area contributed by atoms with E-state index in [1.54, 1.807) is 17.6 Å². The Hall–Kier alpha value is -1.95. The molecule has 0 bridgehead atoms. The molecule has 0 aliphatic heterocycles. The topological polar surface area (TPSA) is 67.2 Å². The van der Waals surface area contributed by atoms with Gasteiger partial charge in [-0.15, -0.1) is 0 Å². The number of halogens is 1. The van der Waals surface area contributed by atoms with Crippen molar-refractivity contribution in [2.45, 2.75) is 33.2 Å². The predicted molar refractivity (Wildman–Crippen MR) is 83.4 cm³/mol. The molecule has 0 aliphatic rings. The van der Waals surface area contributed by atoms with Crippen molar-refractivity contribution in [3.05, 3.63) is 29.8 Å². The number of nitrogens with one attached hydrogen (secondary N) is 1. The SMILES string of the molecule is CC(C)CNCCc1nc2cc(F)ccc2n1C(C)C(=O)O. The highest BCUT2D eigenvalue weighted by molar-refractivity contribution is 5.80. The molecule has 1 atom stereocenters. The summed E-state index contributed by atoms with van der Waals surface area (Å²) in [5.74, 6) is -0.0952. The van der Waals surface area contributed by atoms with Gasteiger partial charge in [-0.1, -0.05) is 13.8 Å². The molecule has 0 fully saturated rings. The van der Waals surface area contributed by atoms with E-state index < -0.39 is 12.0 Å². The van der Waals surface area contributed by atoms with Gasteiger partial charge in [0.15, 0.2) is 0 Å². The van der Waals surface area contributed by atoms with Crippen LogP contribution in [0.2, 0.25) is 0 Å². The van der Waals surface area contributed by atoms with Crippen molar-refractivity contribution in [1.29, 1.82) is 0 Å². The second kappa shape index (κ2) is 6.87. The number of benzene rings is 1. The van der Waals surface area contributed by atoms with E-state index in [2.05, 4.69) is 24.1 Å². The van der Waals surface area contributed by atoms with Gasteiger partial charge in [0.05, 0.1) is 11.0 Å². The lowest BCUT2D eigenvalue weighted by atomic mass is 10.2. The molecular weight excluding hydrogens is 285 g/mol. The lowest BCUT2D eigenvalue weighted by molar-refractivity contribution is -0.140. The van der Waals surface area contributed by atoms with Crippen LogP contribution in [0.15, 0.2) is 18.2 Å². The molecule has 22 heavy (non-hydrogen) atoms. The molecule has 6 heteroatoms. The number of fused-ring (bicyclic) bond motifs is 1. The molecule has 0 radical (unpaired) electrons. The highest BCUT2D eigenvalue weighted by atomic mass is 19.1. The van der Waals surface area contributed by atoms with E-state index in [1.165, 1.54) is 12.1 Å². The van der Waals surface area contributed by atoms with Gasteiger partial charge < -0.3 is 15.0 Å². The summed E-state index contributed by atoms with van der Waals surface area (Å²) in [6.45, 7) is 7.45. The maximum atomic E-state index is 13.4. The Morgan fingerprint density at radius 3 is 2.77 bits per heavy atom. The van der Waals surface area contributed by atoms with E-state index in [-0.39, 0.29) is 5.82 Å². The fourth-order valence-electron chi connectivity index (χ4n) is 2.43. The first kappa shape index (κ1) is 16.4. The van der Waals surface area contributed by atoms with Gasteiger partial charge in [0.1, 0.15) is 17.7 Å². The predicted octanol–water partition coefficient (Wildman–Crippen LogP) is 2.61. The van der Waals surface area contributed by atoms with Crippen LogP contribution >= 0.6 is 0 Å². The quantitative estimate of drug-likeness (QED) is 0.772. The highest BCUT2D eigenvalue weighted by Gasteiger charge is 2.20. The zero-order valence-corrected chi connectivity index (χ0v) is 13.1. The Kier molecular flexibility index (Phi) is 5.13. The molecule has 1 aromatic carbocycles. The molecule has 1 unspecified atom stereocenters. The number of carboxylic acid groups (broad SMARTS) is 1. The zero-order valence-electron chi connectivity index (χ0n) is 13.1. The van der Waals surface area contributed by atoms with Crippen molar-refractivity contribution in [1.82, 2.24) is 14.9 Å². The van der Waals surface area contributed by atoms with Crippen molar-refractivity contribution in [3.63, 3.8) is 0 Å². The fraction of sp³-hybridized carbons (Fsp3) is 0.500. The summed E-state index contributed by atoms with van der Waals surface area (Å²) < 4.78 is 15.0. The molecule has 120 valence electrons. The molecule has 5 nitrogen and oxygen atoms in total. The summed E-state index contributed by atoms with van der Waals surface area (Å²) in [7, 11) is 0. The summed E-state index contributed by atoms with van der Waals surface area (Å²) in [4.78, 5) is 15.8. The van der Waals surface area contributed by atoms with Crippen LogP contribution in [0.25, 0.3) is 11.0 Å². The summed E-state index contributed by atoms with van der Waals surface area (Å²) in [5, 5.41) is 12.6. The fourth-order valence-corrected chi connectivity index (χ4v) is 2.43. The minimum Gasteiger partial charge on any atom is -0.480 e. The molecule has 0 saturated carbocycles. The summed E-state index contributed by atoms with van der Waals surface area (Å²) >= 11 is 0. The van der Waals surface area contributed by atoms with Crippen molar-refractivity contribution >= 4 is 17.0 Å². The van der Waals surface area contributed by atoms with Gasteiger partial charge in [-0.05, 0) is 31.5 Å². The average molecular weight is 307 g/mol. The van der Waals surface area contributed by atoms with E-state index in [9.17, 15) is 14.3 Å². The minimum atomic E-state index is -0.931. The summed E-state index contributed by atoms with van der Waals surface area (Å²) in [6.07, 6.45) is 0.598. The van der Waals surface area contributed by atoms with Crippen LogP contribution in [-0.4, -0.2) is 33.7 Å². The number of rotatable bonds is 7. The molecule has 0 spiro atoms. The molecule has 2 N–H and O–H groups in total. The number of aliphatic carboxylic acids is 1. The maximum Gasteiger partial charge on any atom is 0.326 e. The van der Waals surface area contributed by atoms with Crippen LogP contribution in [-0.2, 0) is 11.2 Å². The first-order valence-corrected chi connectivity index (χ1v) is 7.50. The number of imidazole rings is 1. The summed E-state index contributed by atoms with van der Waals surface area (Å²) in [5.41, 5.74) is 1.14. The van der Waals surface area contributed by atoms with E-state index >= 15 is 0 Å². The van der Waals surface area contributed by atoms with Gasteiger partial charge in [-0.25, -0.2) is 14.2 Å². The standard InChI is InChI=1S/C16H22FN3O2/c1-10(2)9-18-7-6-15-19-13-8-12(17)4-5-14(13)20(15)11(3)16(21)22/h4-5,8,10-11,18H,6-7,9H2,1-3H3,(H,21,22). The van der Waals surface area contributed by atoms with E-state index in [0.29, 0.717) is 35.7 Å². The van der Waals surface area contributed by atoms with E-state index in [1.807, 2.05) is 0 Å². The maximum absolute atomic E-state index is 13.4. The Labute approximate surface area is 129 Å². The molecule has 2 rings (SSSR count). The number of hydrogen-bond acceptors (Lipinski definition) is 3. The number of hydrogen-bond donors (Lipinski definition) is 2. The number of nitrogens with zero attached hydrogens (tertiary/aromatic N) is 2. The van der Waals surface area contributed by atoms with Crippen molar-refractivity contribution < 1.29 is 14.3 Å². The van der Waals surface area contributed by atoms with Gasteiger partial charge in [0, 0.05) is 19.0 Å². The zero-order chi connectivity index (χ0) is 16.3. The van der Waals surface area contributed by atoms with Crippen molar-refractivity contribution in [3.8, 4) is 0 Å². The number of aromatic nitrogens is 2. The van der Waals surface area contributed by atoms with Gasteiger partial charge >= 0.3 is 5.97 Å². The van der Waals surface area contributed by atoms with Gasteiger partial charge in [0.25, 0.3) is 0 Å². The normalized spacial score (nSPS) is 13.0. The molecule has 2 aromatic rings. The van der Waals surface area contributed by atoms with Crippen LogP contribution in [0.1, 0.15) is 32.6 Å². The Balaban J connectivity index is 2.30. The van der Waals surface area contributed by atoms with Crippen LogP contribution < -0.4 is 5.32 Å². The third-order valence-corrected chi connectivity index (χ3v) is 3.55. The third-order valence-electron chi connectivity index (χ3n) is 3.55. The van der Waals surface area contributed by atoms with Crippen molar-refractivity contribution in [2.75, 3.05) is 13.1 Å². The first-order chi connectivity index (χ1) is 10.4. The second-order valence-corrected chi connectivity index (χ2v) is 5.89. The molecular formula is C16H22FN3O2. The van der Waals surface area contributed by atoms with Gasteiger partial charge in [0.2, 0.25) is 0 Å². The average Bonchev–Trinajstić information content (AvgIpc) is 2.79. The molecule has 0 amide bonds. The number of carbonyl (C=O) groups is 1. The smallest absolute Gasteiger partial charge is 0.326 e. The van der Waals surface area contributed by atoms with Gasteiger partial charge in [-0.3, -0.25) is 0 Å². The Morgan fingerprint density at radius 2 is 2.14 bits per heavy atom. The summed E-state index contributed by atoms with van der Waals surface area (Å²) in [6, 6.07) is 3.51. The van der Waals surface area contributed by atoms with E-state index in [4.69, 9.17) is 0 Å². The lowest BCUT2D eigenvalue weighted by Gasteiger charge is -2.14. The van der Waals surface area contributed by atoms with Crippen LogP contribution in [0.4, 0.5) is 4.39 Å². The van der Waals surface area contributed by atoms with Crippen LogP contribution in [0, 0.1) is 11.7 Å². The van der Waals surface area contributed by atoms with Gasteiger partial charge in [-0.2, -0.15) is 0 Å². The molecule has 1 heterocycles. The van der Waals surface area contributed by atoms with E-state index in [0.717, 1.165) is 6.54 Å². The first-order valence-electron chi connectivity index (χ1n) is 7.50. The molecule has 0 aliphatic carbocycles. The van der Waals surface area contributed by atoms with Crippen molar-refractivity contribution in [2.24, 2.45) is 5.92 Å². The largest absolute Gasteiger partial charge is 0.480 e. The Morgan fingerprint density at radius 1 is 1.41 bits per heavy atom. The minimum absolute atomic E-state index is 0.371.